The Balaban J connectivity index is 1.76. The number of nitrogens with zero attached hydrogens (tertiary/aromatic N) is 2. The maximum absolute atomic E-state index is 12.5. The van der Waals surface area contributed by atoms with Gasteiger partial charge in [-0.2, -0.15) is 0 Å². The van der Waals surface area contributed by atoms with E-state index in [1.165, 1.54) is 12.3 Å². The first kappa shape index (κ1) is 17.1. The fourth-order valence-electron chi connectivity index (χ4n) is 2.88. The Labute approximate surface area is 146 Å². The number of carbonyl (C=O) groups excluding carboxylic acids is 2. The van der Waals surface area contributed by atoms with E-state index < -0.39 is 0 Å². The molecule has 1 saturated heterocycles. The summed E-state index contributed by atoms with van der Waals surface area (Å²) in [5.74, 6) is -0.437. The second-order valence-electron chi connectivity index (χ2n) is 6.16. The summed E-state index contributed by atoms with van der Waals surface area (Å²) in [5.41, 5.74) is 3.54. The standard InChI is InChI=1S/C19H21N3O3/c1-13-9-14(2)11-16(10-13)21-18(23)17-12-15(3-4-20-17)19(24)22-5-7-25-8-6-22/h3-4,9-12H,5-8H2,1-2H3,(H,21,23). The maximum atomic E-state index is 12.5. The number of benzene rings is 1. The summed E-state index contributed by atoms with van der Waals surface area (Å²) in [4.78, 5) is 30.8. The monoisotopic (exact) mass is 339 g/mol. The number of amides is 2. The Morgan fingerprint density at radius 1 is 1.08 bits per heavy atom. The summed E-state index contributed by atoms with van der Waals surface area (Å²) in [6.45, 7) is 6.15. The molecule has 0 radical (unpaired) electrons. The minimum atomic E-state index is -0.332. The molecule has 0 spiro atoms. The Morgan fingerprint density at radius 3 is 2.44 bits per heavy atom. The molecular weight excluding hydrogens is 318 g/mol. The van der Waals surface area contributed by atoms with Crippen LogP contribution < -0.4 is 5.32 Å². The van der Waals surface area contributed by atoms with Crippen molar-refractivity contribution in [3.8, 4) is 0 Å². The molecule has 0 bridgehead atoms. The molecule has 2 heterocycles. The van der Waals surface area contributed by atoms with Gasteiger partial charge in [0.1, 0.15) is 5.69 Å². The van der Waals surface area contributed by atoms with Crippen molar-refractivity contribution in [1.82, 2.24) is 9.88 Å². The minimum absolute atomic E-state index is 0.105. The first-order chi connectivity index (χ1) is 12.0. The van der Waals surface area contributed by atoms with Gasteiger partial charge >= 0.3 is 0 Å². The highest BCUT2D eigenvalue weighted by atomic mass is 16.5. The number of carbonyl (C=O) groups is 2. The van der Waals surface area contributed by atoms with Crippen LogP contribution in [0.5, 0.6) is 0 Å². The number of pyridine rings is 1. The van der Waals surface area contributed by atoms with Gasteiger partial charge in [0.15, 0.2) is 0 Å². The van der Waals surface area contributed by atoms with E-state index in [0.29, 0.717) is 37.6 Å². The van der Waals surface area contributed by atoms with Crippen molar-refractivity contribution in [3.05, 3.63) is 58.9 Å². The molecule has 1 aromatic heterocycles. The van der Waals surface area contributed by atoms with Gasteiger partial charge < -0.3 is 15.0 Å². The third-order valence-corrected chi connectivity index (χ3v) is 4.02. The Morgan fingerprint density at radius 2 is 1.76 bits per heavy atom. The average Bonchev–Trinajstić information content (AvgIpc) is 2.61. The summed E-state index contributed by atoms with van der Waals surface area (Å²) in [6, 6.07) is 9.00. The number of aromatic nitrogens is 1. The number of rotatable bonds is 3. The molecule has 2 aromatic rings. The lowest BCUT2D eigenvalue weighted by Crippen LogP contribution is -2.40. The Kier molecular flexibility index (Phi) is 5.09. The molecule has 0 unspecified atom stereocenters. The highest BCUT2D eigenvalue weighted by Gasteiger charge is 2.20. The van der Waals surface area contributed by atoms with Crippen LogP contribution in [0.25, 0.3) is 0 Å². The molecule has 1 aliphatic rings. The van der Waals surface area contributed by atoms with E-state index in [9.17, 15) is 9.59 Å². The SMILES string of the molecule is Cc1cc(C)cc(NC(=O)c2cc(C(=O)N3CCOCC3)ccn2)c1. The van der Waals surface area contributed by atoms with E-state index in [2.05, 4.69) is 10.3 Å². The van der Waals surface area contributed by atoms with Crippen LogP contribution in [0, 0.1) is 13.8 Å². The lowest BCUT2D eigenvalue weighted by Gasteiger charge is -2.26. The van der Waals surface area contributed by atoms with E-state index >= 15 is 0 Å². The molecule has 6 nitrogen and oxygen atoms in total. The summed E-state index contributed by atoms with van der Waals surface area (Å²) in [6.07, 6.45) is 1.49. The molecular formula is C19H21N3O3. The molecule has 1 aromatic carbocycles. The molecule has 25 heavy (non-hydrogen) atoms. The minimum Gasteiger partial charge on any atom is -0.378 e. The van der Waals surface area contributed by atoms with E-state index in [1.807, 2.05) is 32.0 Å². The van der Waals surface area contributed by atoms with Crippen LogP contribution in [0.15, 0.2) is 36.5 Å². The van der Waals surface area contributed by atoms with E-state index in [1.54, 1.807) is 11.0 Å². The van der Waals surface area contributed by atoms with Crippen LogP contribution in [0.3, 0.4) is 0 Å². The quantitative estimate of drug-likeness (QED) is 0.932. The highest BCUT2D eigenvalue weighted by Crippen LogP contribution is 2.15. The van der Waals surface area contributed by atoms with E-state index in [0.717, 1.165) is 11.1 Å². The number of morpholine rings is 1. The number of hydrogen-bond donors (Lipinski definition) is 1. The first-order valence-corrected chi connectivity index (χ1v) is 8.25. The zero-order valence-corrected chi connectivity index (χ0v) is 14.4. The fraction of sp³-hybridized carbons (Fsp3) is 0.316. The third kappa shape index (κ3) is 4.22. The van der Waals surface area contributed by atoms with Crippen molar-refractivity contribution in [2.24, 2.45) is 0 Å². The Bertz CT molecular complexity index is 778. The molecule has 0 aliphatic carbocycles. The molecule has 0 saturated carbocycles. The van der Waals surface area contributed by atoms with Gasteiger partial charge in [-0.3, -0.25) is 14.6 Å². The first-order valence-electron chi connectivity index (χ1n) is 8.25. The van der Waals surface area contributed by atoms with Crippen molar-refractivity contribution in [2.75, 3.05) is 31.6 Å². The van der Waals surface area contributed by atoms with E-state index in [4.69, 9.17) is 4.74 Å². The van der Waals surface area contributed by atoms with Crippen molar-refractivity contribution < 1.29 is 14.3 Å². The zero-order chi connectivity index (χ0) is 17.8. The van der Waals surface area contributed by atoms with Crippen molar-refractivity contribution in [1.29, 1.82) is 0 Å². The number of ether oxygens (including phenoxy) is 1. The molecule has 3 rings (SSSR count). The van der Waals surface area contributed by atoms with Crippen molar-refractivity contribution in [3.63, 3.8) is 0 Å². The second-order valence-corrected chi connectivity index (χ2v) is 6.16. The van der Waals surface area contributed by atoms with Crippen LogP contribution >= 0.6 is 0 Å². The molecule has 130 valence electrons. The van der Waals surface area contributed by atoms with Crippen LogP contribution in [-0.2, 0) is 4.74 Å². The average molecular weight is 339 g/mol. The third-order valence-electron chi connectivity index (χ3n) is 4.02. The molecule has 1 N–H and O–H groups in total. The lowest BCUT2D eigenvalue weighted by atomic mass is 10.1. The smallest absolute Gasteiger partial charge is 0.274 e. The van der Waals surface area contributed by atoms with Crippen molar-refractivity contribution >= 4 is 17.5 Å². The second kappa shape index (κ2) is 7.44. The van der Waals surface area contributed by atoms with Crippen molar-refractivity contribution in [2.45, 2.75) is 13.8 Å². The number of hydrogen-bond acceptors (Lipinski definition) is 4. The normalized spacial score (nSPS) is 14.2. The van der Waals surface area contributed by atoms with Gasteiger partial charge in [0, 0.05) is 30.5 Å². The van der Waals surface area contributed by atoms with Crippen LogP contribution in [0.2, 0.25) is 0 Å². The molecule has 2 amide bonds. The predicted octanol–water partition coefficient (Wildman–Crippen LogP) is 2.42. The molecule has 0 atom stereocenters. The number of aryl methyl sites for hydroxylation is 2. The number of nitrogens with one attached hydrogen (secondary N) is 1. The molecule has 1 aliphatic heterocycles. The van der Waals surface area contributed by atoms with Gasteiger partial charge in [-0.25, -0.2) is 0 Å². The largest absolute Gasteiger partial charge is 0.378 e. The van der Waals surface area contributed by atoms with Crippen LogP contribution in [0.4, 0.5) is 5.69 Å². The molecule has 1 fully saturated rings. The summed E-state index contributed by atoms with van der Waals surface area (Å²) >= 11 is 0. The van der Waals surface area contributed by atoms with Gasteiger partial charge in [-0.15, -0.1) is 0 Å². The maximum Gasteiger partial charge on any atom is 0.274 e. The Hall–Kier alpha value is -2.73. The van der Waals surface area contributed by atoms with Crippen LogP contribution in [0.1, 0.15) is 32.0 Å². The van der Waals surface area contributed by atoms with Gasteiger partial charge in [0.2, 0.25) is 0 Å². The predicted molar refractivity (Wildman–Crippen MR) is 94.8 cm³/mol. The van der Waals surface area contributed by atoms with E-state index in [-0.39, 0.29) is 17.5 Å². The fourth-order valence-corrected chi connectivity index (χ4v) is 2.88. The summed E-state index contributed by atoms with van der Waals surface area (Å²) in [7, 11) is 0. The highest BCUT2D eigenvalue weighted by molar-refractivity contribution is 6.04. The van der Waals surface area contributed by atoms with Gasteiger partial charge in [-0.1, -0.05) is 6.07 Å². The number of anilines is 1. The lowest BCUT2D eigenvalue weighted by molar-refractivity contribution is 0.0303. The van der Waals surface area contributed by atoms with Crippen LogP contribution in [-0.4, -0.2) is 48.0 Å². The topological polar surface area (TPSA) is 71.5 Å². The van der Waals surface area contributed by atoms with Gasteiger partial charge in [0.25, 0.3) is 11.8 Å². The summed E-state index contributed by atoms with van der Waals surface area (Å²) in [5, 5.41) is 2.84. The molecule has 6 heteroatoms. The zero-order valence-electron chi connectivity index (χ0n) is 14.4. The van der Waals surface area contributed by atoms with Gasteiger partial charge in [-0.05, 0) is 49.2 Å². The van der Waals surface area contributed by atoms with Gasteiger partial charge in [0.05, 0.1) is 13.2 Å². The summed E-state index contributed by atoms with van der Waals surface area (Å²) < 4.78 is 5.26.